The lowest BCUT2D eigenvalue weighted by atomic mass is 9.87. The summed E-state index contributed by atoms with van der Waals surface area (Å²) in [5.41, 5.74) is 2.16. The summed E-state index contributed by atoms with van der Waals surface area (Å²) in [5.74, 6) is -0.753. The molecule has 138 valence electrons. The van der Waals surface area contributed by atoms with Crippen molar-refractivity contribution in [2.24, 2.45) is 10.9 Å². The zero-order valence-corrected chi connectivity index (χ0v) is 16.8. The molecule has 1 aromatic carbocycles. The monoisotopic (exact) mass is 445 g/mol. The minimum Gasteiger partial charge on any atom is -0.368 e. The highest BCUT2D eigenvalue weighted by Crippen LogP contribution is 2.29. The predicted octanol–water partition coefficient (Wildman–Crippen LogP) is 3.36. The topological polar surface area (TPSA) is 53.0 Å². The Hall–Kier alpha value is -2.18. The number of nitrogens with zero attached hydrogens (tertiary/aromatic N) is 3. The molecule has 0 bridgehead atoms. The van der Waals surface area contributed by atoms with Gasteiger partial charge in [0.1, 0.15) is 0 Å². The average molecular weight is 447 g/mol. The van der Waals surface area contributed by atoms with Gasteiger partial charge in [-0.1, -0.05) is 39.7 Å². The maximum Gasteiger partial charge on any atom is 0.270 e. The quantitative estimate of drug-likeness (QED) is 0.700. The average Bonchev–Trinajstić information content (AvgIpc) is 2.67. The predicted molar refractivity (Wildman–Crippen MR) is 110 cm³/mol. The third-order valence-corrected chi connectivity index (χ3v) is 5.66. The van der Waals surface area contributed by atoms with Crippen molar-refractivity contribution in [2.45, 2.75) is 0 Å². The molecule has 0 saturated carbocycles. The second-order valence-electron chi connectivity index (χ2n) is 6.60. The van der Waals surface area contributed by atoms with Crippen LogP contribution in [-0.4, -0.2) is 48.6 Å². The van der Waals surface area contributed by atoms with Gasteiger partial charge >= 0.3 is 0 Å². The first-order valence-electron chi connectivity index (χ1n) is 8.70. The van der Waals surface area contributed by atoms with E-state index in [1.807, 2.05) is 41.3 Å². The molecule has 0 radical (unpaired) electrons. The molecule has 1 aromatic rings. The zero-order chi connectivity index (χ0) is 19.0. The van der Waals surface area contributed by atoms with E-state index in [9.17, 15) is 9.59 Å². The van der Waals surface area contributed by atoms with Crippen LogP contribution in [0.3, 0.4) is 0 Å². The number of anilines is 1. The minimum atomic E-state index is -0.377. The highest BCUT2D eigenvalue weighted by molar-refractivity contribution is 9.11. The normalized spacial score (nSPS) is 22.1. The van der Waals surface area contributed by atoms with E-state index in [2.05, 4.69) is 25.8 Å². The first kappa shape index (κ1) is 18.2. The fraction of sp³-hybridized carbons (Fsp3) is 0.250. The summed E-state index contributed by atoms with van der Waals surface area (Å²) in [6.45, 7) is 2.63. The van der Waals surface area contributed by atoms with Gasteiger partial charge in [-0.15, -0.1) is 0 Å². The molecule has 1 fully saturated rings. The Morgan fingerprint density at radius 3 is 2.70 bits per heavy atom. The standard InChI is InChI=1S/C20H17BrClN3O2/c21-13-4-5-18-16(10-13)17(12-19(26)23-18)20(27)25-8-6-24(7-9-25)15-3-1-2-14(22)11-15/h1-5,10-12,16H,6-9H2. The van der Waals surface area contributed by atoms with Crippen molar-refractivity contribution >= 4 is 50.7 Å². The largest absolute Gasteiger partial charge is 0.368 e. The maximum atomic E-state index is 13.1. The third-order valence-electron chi connectivity index (χ3n) is 4.90. The molecule has 2 heterocycles. The Morgan fingerprint density at radius 2 is 1.96 bits per heavy atom. The van der Waals surface area contributed by atoms with Crippen LogP contribution in [0.5, 0.6) is 0 Å². The number of hydrogen-bond donors (Lipinski definition) is 0. The molecule has 3 aliphatic rings. The molecule has 1 atom stereocenters. The lowest BCUT2D eigenvalue weighted by Crippen LogP contribution is -2.50. The molecule has 27 heavy (non-hydrogen) atoms. The van der Waals surface area contributed by atoms with E-state index in [0.717, 1.165) is 23.3 Å². The molecule has 1 unspecified atom stereocenters. The van der Waals surface area contributed by atoms with Gasteiger partial charge < -0.3 is 9.80 Å². The van der Waals surface area contributed by atoms with Crippen molar-refractivity contribution in [3.63, 3.8) is 0 Å². The van der Waals surface area contributed by atoms with Crippen molar-refractivity contribution in [1.82, 2.24) is 4.90 Å². The van der Waals surface area contributed by atoms with Gasteiger partial charge in [-0.05, 0) is 30.4 Å². The number of piperazine rings is 1. The highest BCUT2D eigenvalue weighted by Gasteiger charge is 2.33. The number of halogens is 2. The third kappa shape index (κ3) is 3.77. The number of rotatable bonds is 2. The summed E-state index contributed by atoms with van der Waals surface area (Å²) in [6, 6.07) is 7.72. The fourth-order valence-electron chi connectivity index (χ4n) is 3.52. The van der Waals surface area contributed by atoms with Gasteiger partial charge in [0.25, 0.3) is 11.8 Å². The van der Waals surface area contributed by atoms with Crippen LogP contribution < -0.4 is 4.90 Å². The van der Waals surface area contributed by atoms with Crippen molar-refractivity contribution in [3.8, 4) is 0 Å². The Morgan fingerprint density at radius 1 is 1.19 bits per heavy atom. The summed E-state index contributed by atoms with van der Waals surface area (Å²) >= 11 is 9.52. The number of allylic oxidation sites excluding steroid dienone is 4. The molecule has 7 heteroatoms. The zero-order valence-electron chi connectivity index (χ0n) is 14.4. The number of carbonyl (C=O) groups is 2. The number of dihydropyridines is 1. The fourth-order valence-corrected chi connectivity index (χ4v) is 4.11. The van der Waals surface area contributed by atoms with Crippen LogP contribution >= 0.6 is 27.5 Å². The van der Waals surface area contributed by atoms with E-state index in [4.69, 9.17) is 11.6 Å². The lowest BCUT2D eigenvalue weighted by Gasteiger charge is -2.37. The van der Waals surface area contributed by atoms with Gasteiger partial charge in [0, 0.05) is 53.0 Å². The Balaban J connectivity index is 1.48. The Labute approximate surface area is 170 Å². The smallest absolute Gasteiger partial charge is 0.270 e. The van der Waals surface area contributed by atoms with Gasteiger partial charge in [0.05, 0.1) is 11.6 Å². The number of aliphatic imine (C=N–C) groups is 1. The van der Waals surface area contributed by atoms with E-state index < -0.39 is 0 Å². The van der Waals surface area contributed by atoms with Crippen LogP contribution in [-0.2, 0) is 9.59 Å². The van der Waals surface area contributed by atoms with Crippen LogP contribution in [0.25, 0.3) is 0 Å². The highest BCUT2D eigenvalue weighted by atomic mass is 79.9. The van der Waals surface area contributed by atoms with Crippen LogP contribution in [0.2, 0.25) is 5.02 Å². The molecule has 4 rings (SSSR count). The lowest BCUT2D eigenvalue weighted by molar-refractivity contribution is -0.128. The Kier molecular flexibility index (Phi) is 5.02. The second kappa shape index (κ2) is 7.44. The summed E-state index contributed by atoms with van der Waals surface area (Å²) in [7, 11) is 0. The summed E-state index contributed by atoms with van der Waals surface area (Å²) in [6.07, 6.45) is 6.90. The summed E-state index contributed by atoms with van der Waals surface area (Å²) in [5, 5.41) is 0.700. The van der Waals surface area contributed by atoms with Gasteiger partial charge in [-0.25, -0.2) is 4.99 Å². The molecule has 0 aromatic heterocycles. The SMILES string of the molecule is O=C1C=C(C(=O)N2CCN(c3cccc(Cl)c3)CC2)C2C=C(Br)C=CC2=N1. The van der Waals surface area contributed by atoms with Gasteiger partial charge in [-0.3, -0.25) is 9.59 Å². The Bertz CT molecular complexity index is 927. The van der Waals surface area contributed by atoms with E-state index in [1.54, 1.807) is 6.08 Å². The van der Waals surface area contributed by atoms with Crippen LogP contribution in [0, 0.1) is 5.92 Å². The van der Waals surface area contributed by atoms with E-state index in [0.29, 0.717) is 29.4 Å². The summed E-state index contributed by atoms with van der Waals surface area (Å²) in [4.78, 5) is 33.1. The first-order chi connectivity index (χ1) is 13.0. The molecule has 0 N–H and O–H groups in total. The van der Waals surface area contributed by atoms with Crippen molar-refractivity contribution < 1.29 is 9.59 Å². The molecule has 2 amide bonds. The molecule has 0 spiro atoms. The molecule has 1 saturated heterocycles. The molecular formula is C20H17BrClN3O2. The number of amides is 2. The number of benzene rings is 1. The van der Waals surface area contributed by atoms with Crippen LogP contribution in [0.1, 0.15) is 0 Å². The van der Waals surface area contributed by atoms with E-state index in [-0.39, 0.29) is 17.7 Å². The first-order valence-corrected chi connectivity index (χ1v) is 9.88. The molecule has 2 aliphatic heterocycles. The molecular weight excluding hydrogens is 430 g/mol. The number of carbonyl (C=O) groups excluding carboxylic acids is 2. The minimum absolute atomic E-state index is 0.0988. The van der Waals surface area contributed by atoms with Crippen molar-refractivity contribution in [3.05, 3.63) is 63.6 Å². The van der Waals surface area contributed by atoms with Crippen molar-refractivity contribution in [2.75, 3.05) is 31.1 Å². The number of hydrogen-bond acceptors (Lipinski definition) is 3. The number of fused-ring (bicyclic) bond motifs is 1. The second-order valence-corrected chi connectivity index (χ2v) is 7.95. The van der Waals surface area contributed by atoms with Gasteiger partial charge in [0.2, 0.25) is 0 Å². The van der Waals surface area contributed by atoms with E-state index >= 15 is 0 Å². The molecule has 5 nitrogen and oxygen atoms in total. The van der Waals surface area contributed by atoms with E-state index in [1.165, 1.54) is 6.08 Å². The summed E-state index contributed by atoms with van der Waals surface area (Å²) < 4.78 is 0.880. The molecule has 1 aliphatic carbocycles. The van der Waals surface area contributed by atoms with Crippen molar-refractivity contribution in [1.29, 1.82) is 0 Å². The van der Waals surface area contributed by atoms with Gasteiger partial charge in [-0.2, -0.15) is 0 Å². The van der Waals surface area contributed by atoms with Gasteiger partial charge in [0.15, 0.2) is 0 Å². The van der Waals surface area contributed by atoms with Crippen LogP contribution in [0.4, 0.5) is 5.69 Å². The maximum absolute atomic E-state index is 13.1. The van der Waals surface area contributed by atoms with Crippen LogP contribution in [0.15, 0.2) is 63.6 Å².